The van der Waals surface area contributed by atoms with Crippen LogP contribution < -0.4 is 0 Å². The van der Waals surface area contributed by atoms with Gasteiger partial charge in [0.25, 0.3) is 0 Å². The van der Waals surface area contributed by atoms with Gasteiger partial charge in [0.05, 0.1) is 6.10 Å². The van der Waals surface area contributed by atoms with Crippen molar-refractivity contribution in [3.8, 4) is 0 Å². The fourth-order valence-corrected chi connectivity index (χ4v) is 1.81. The molecule has 0 aromatic heterocycles. The summed E-state index contributed by atoms with van der Waals surface area (Å²) in [5.74, 6) is 0.237. The molecule has 2 heteroatoms. The highest BCUT2D eigenvalue weighted by Crippen LogP contribution is 2.35. The first-order valence-corrected chi connectivity index (χ1v) is 5.07. The monoisotopic (exact) mass is 192 g/mol. The van der Waals surface area contributed by atoms with Crippen LogP contribution in [0.5, 0.6) is 0 Å². The fourth-order valence-electron chi connectivity index (χ4n) is 1.81. The third-order valence-electron chi connectivity index (χ3n) is 2.83. The Morgan fingerprint density at radius 1 is 1.29 bits per heavy atom. The van der Waals surface area contributed by atoms with Crippen LogP contribution in [0.15, 0.2) is 24.3 Å². The molecule has 1 aromatic rings. The molecule has 0 radical (unpaired) electrons. The van der Waals surface area contributed by atoms with E-state index in [1.54, 1.807) is 0 Å². The van der Waals surface area contributed by atoms with Crippen molar-refractivity contribution in [3.05, 3.63) is 35.4 Å². The van der Waals surface area contributed by atoms with Gasteiger partial charge in [-0.2, -0.15) is 0 Å². The number of ether oxygens (including phenoxy) is 1. The predicted octanol–water partition coefficient (Wildman–Crippen LogP) is 2.41. The summed E-state index contributed by atoms with van der Waals surface area (Å²) in [7, 11) is 0. The second-order valence-electron chi connectivity index (χ2n) is 4.14. The Bertz CT molecular complexity index is 295. The molecule has 3 atom stereocenters. The molecule has 0 saturated carbocycles. The van der Waals surface area contributed by atoms with Crippen molar-refractivity contribution in [2.75, 3.05) is 0 Å². The van der Waals surface area contributed by atoms with E-state index in [2.05, 4.69) is 31.2 Å². The molecular weight excluding hydrogens is 176 g/mol. The van der Waals surface area contributed by atoms with Gasteiger partial charge in [-0.3, -0.25) is 0 Å². The molecule has 1 heterocycles. The topological polar surface area (TPSA) is 29.5 Å². The number of hydrogen-bond donors (Lipinski definition) is 1. The number of rotatable bonds is 1. The Hall–Kier alpha value is -0.860. The van der Waals surface area contributed by atoms with Gasteiger partial charge in [-0.15, -0.1) is 0 Å². The number of hydrogen-bond acceptors (Lipinski definition) is 2. The van der Waals surface area contributed by atoms with E-state index in [1.165, 1.54) is 11.1 Å². The molecule has 0 aliphatic carbocycles. The Balaban J connectivity index is 2.13. The Labute approximate surface area is 84.5 Å². The van der Waals surface area contributed by atoms with Crippen molar-refractivity contribution in [3.63, 3.8) is 0 Å². The number of aryl methyl sites for hydroxylation is 1. The molecule has 1 unspecified atom stereocenters. The summed E-state index contributed by atoms with van der Waals surface area (Å²) >= 11 is 0. The van der Waals surface area contributed by atoms with Crippen molar-refractivity contribution in [1.82, 2.24) is 0 Å². The zero-order valence-electron chi connectivity index (χ0n) is 8.60. The molecule has 1 N–H and O–H groups in total. The molecule has 2 nitrogen and oxygen atoms in total. The van der Waals surface area contributed by atoms with Crippen LogP contribution in [0.3, 0.4) is 0 Å². The summed E-state index contributed by atoms with van der Waals surface area (Å²) in [5, 5.41) is 9.46. The number of benzene rings is 1. The second kappa shape index (κ2) is 3.71. The van der Waals surface area contributed by atoms with Gasteiger partial charge in [0.1, 0.15) is 0 Å². The summed E-state index contributed by atoms with van der Waals surface area (Å²) in [5.41, 5.74) is 2.42. The van der Waals surface area contributed by atoms with Gasteiger partial charge in [0.15, 0.2) is 6.29 Å². The zero-order chi connectivity index (χ0) is 10.1. The lowest BCUT2D eigenvalue weighted by molar-refractivity contribution is -0.106. The van der Waals surface area contributed by atoms with Gasteiger partial charge < -0.3 is 9.84 Å². The zero-order valence-corrected chi connectivity index (χ0v) is 8.60. The normalized spacial score (nSPS) is 32.1. The maximum atomic E-state index is 9.46. The lowest BCUT2D eigenvalue weighted by Gasteiger charge is -2.10. The SMILES string of the molecule is Cc1ccc([C@H]2C[C@H](C)C(O)O2)cc1. The van der Waals surface area contributed by atoms with Gasteiger partial charge in [0.2, 0.25) is 0 Å². The first-order chi connectivity index (χ1) is 6.66. The van der Waals surface area contributed by atoms with Crippen molar-refractivity contribution in [2.45, 2.75) is 32.7 Å². The summed E-state index contributed by atoms with van der Waals surface area (Å²) in [6.45, 7) is 4.08. The van der Waals surface area contributed by atoms with E-state index in [9.17, 15) is 5.11 Å². The minimum Gasteiger partial charge on any atom is -0.368 e. The molecule has 1 aliphatic rings. The number of aliphatic hydroxyl groups is 1. The highest BCUT2D eigenvalue weighted by molar-refractivity contribution is 5.23. The van der Waals surface area contributed by atoms with E-state index in [4.69, 9.17) is 4.74 Å². The van der Waals surface area contributed by atoms with E-state index in [0.29, 0.717) is 0 Å². The van der Waals surface area contributed by atoms with Gasteiger partial charge in [-0.25, -0.2) is 0 Å². The summed E-state index contributed by atoms with van der Waals surface area (Å²) < 4.78 is 5.46. The summed E-state index contributed by atoms with van der Waals surface area (Å²) in [4.78, 5) is 0. The van der Waals surface area contributed by atoms with E-state index >= 15 is 0 Å². The van der Waals surface area contributed by atoms with Crippen LogP contribution in [-0.4, -0.2) is 11.4 Å². The van der Waals surface area contributed by atoms with Gasteiger partial charge in [-0.1, -0.05) is 36.8 Å². The van der Waals surface area contributed by atoms with Gasteiger partial charge >= 0.3 is 0 Å². The van der Waals surface area contributed by atoms with Crippen LogP contribution in [0.25, 0.3) is 0 Å². The first kappa shape index (κ1) is 9.69. The van der Waals surface area contributed by atoms with E-state index in [-0.39, 0.29) is 12.0 Å². The van der Waals surface area contributed by atoms with Crippen LogP contribution >= 0.6 is 0 Å². The van der Waals surface area contributed by atoms with E-state index in [1.807, 2.05) is 6.92 Å². The lowest BCUT2D eigenvalue weighted by atomic mass is 10.0. The van der Waals surface area contributed by atoms with E-state index in [0.717, 1.165) is 6.42 Å². The Kier molecular flexibility index (Phi) is 2.57. The minimum absolute atomic E-state index is 0.0700. The van der Waals surface area contributed by atoms with Crippen molar-refractivity contribution in [2.24, 2.45) is 5.92 Å². The molecule has 2 rings (SSSR count). The molecule has 1 saturated heterocycles. The highest BCUT2D eigenvalue weighted by Gasteiger charge is 2.31. The summed E-state index contributed by atoms with van der Waals surface area (Å²) in [6, 6.07) is 8.30. The summed E-state index contributed by atoms with van der Waals surface area (Å²) in [6.07, 6.45) is 0.381. The minimum atomic E-state index is -0.596. The third kappa shape index (κ3) is 1.81. The molecule has 76 valence electrons. The molecule has 0 bridgehead atoms. The first-order valence-electron chi connectivity index (χ1n) is 5.07. The van der Waals surface area contributed by atoms with Crippen molar-refractivity contribution in [1.29, 1.82) is 0 Å². The maximum Gasteiger partial charge on any atom is 0.158 e. The third-order valence-corrected chi connectivity index (χ3v) is 2.83. The van der Waals surface area contributed by atoms with Crippen molar-refractivity contribution >= 4 is 0 Å². The van der Waals surface area contributed by atoms with Crippen LogP contribution in [0.2, 0.25) is 0 Å². The van der Waals surface area contributed by atoms with Crippen LogP contribution in [0.4, 0.5) is 0 Å². The smallest absolute Gasteiger partial charge is 0.158 e. The lowest BCUT2D eigenvalue weighted by Crippen LogP contribution is -2.10. The quantitative estimate of drug-likeness (QED) is 0.740. The average molecular weight is 192 g/mol. The standard InChI is InChI=1S/C12H16O2/c1-8-3-5-10(6-4-8)11-7-9(2)12(13)14-11/h3-6,9,11-13H,7H2,1-2H3/t9-,11+,12?/m0/s1. The van der Waals surface area contributed by atoms with Crippen LogP contribution in [-0.2, 0) is 4.74 Å². The van der Waals surface area contributed by atoms with Crippen molar-refractivity contribution < 1.29 is 9.84 Å². The van der Waals surface area contributed by atoms with E-state index < -0.39 is 6.29 Å². The molecule has 0 amide bonds. The van der Waals surface area contributed by atoms with Gasteiger partial charge in [-0.05, 0) is 18.9 Å². The second-order valence-corrected chi connectivity index (χ2v) is 4.14. The molecule has 0 spiro atoms. The molecular formula is C12H16O2. The number of aliphatic hydroxyl groups excluding tert-OH is 1. The molecule has 1 aromatic carbocycles. The van der Waals surface area contributed by atoms with Crippen LogP contribution in [0, 0.1) is 12.8 Å². The highest BCUT2D eigenvalue weighted by atomic mass is 16.6. The molecule has 1 fully saturated rings. The Morgan fingerprint density at radius 2 is 1.93 bits per heavy atom. The van der Waals surface area contributed by atoms with Crippen LogP contribution in [0.1, 0.15) is 30.6 Å². The fraction of sp³-hybridized carbons (Fsp3) is 0.500. The van der Waals surface area contributed by atoms with Gasteiger partial charge in [0, 0.05) is 5.92 Å². The predicted molar refractivity (Wildman–Crippen MR) is 54.8 cm³/mol. The molecule has 1 aliphatic heterocycles. The maximum absolute atomic E-state index is 9.46. The largest absolute Gasteiger partial charge is 0.368 e. The Morgan fingerprint density at radius 3 is 2.43 bits per heavy atom. The average Bonchev–Trinajstić information content (AvgIpc) is 2.48. The molecule has 14 heavy (non-hydrogen) atoms.